The van der Waals surface area contributed by atoms with E-state index in [4.69, 9.17) is 9.47 Å². The summed E-state index contributed by atoms with van der Waals surface area (Å²) < 4.78 is 10.6. The number of aryl methyl sites for hydroxylation is 1. The zero-order valence-corrected chi connectivity index (χ0v) is 16.8. The summed E-state index contributed by atoms with van der Waals surface area (Å²) >= 11 is 0. The lowest BCUT2D eigenvalue weighted by Gasteiger charge is -2.30. The molecule has 1 aliphatic heterocycles. The first-order chi connectivity index (χ1) is 13.6. The lowest BCUT2D eigenvalue weighted by Crippen LogP contribution is -2.35. The number of nitrogens with zero attached hydrogens (tertiary/aromatic N) is 2. The lowest BCUT2D eigenvalue weighted by molar-refractivity contribution is -0.0108. The van der Waals surface area contributed by atoms with Crippen LogP contribution in [0, 0.1) is 18.8 Å². The van der Waals surface area contributed by atoms with Crippen molar-refractivity contribution in [1.82, 2.24) is 9.88 Å². The van der Waals surface area contributed by atoms with Crippen molar-refractivity contribution >= 4 is 0 Å². The van der Waals surface area contributed by atoms with Gasteiger partial charge in [-0.2, -0.15) is 0 Å². The highest BCUT2D eigenvalue weighted by atomic mass is 16.5. The Labute approximate surface area is 167 Å². The number of aliphatic hydroxyl groups is 1. The van der Waals surface area contributed by atoms with Gasteiger partial charge in [-0.1, -0.05) is 18.2 Å². The second kappa shape index (κ2) is 8.19. The maximum absolute atomic E-state index is 11.4. The molecule has 2 aliphatic rings. The monoisotopic (exact) mass is 382 g/mol. The molecule has 2 aromatic rings. The number of hydrogen-bond acceptors (Lipinski definition) is 5. The van der Waals surface area contributed by atoms with Crippen LogP contribution in [-0.2, 0) is 16.9 Å². The van der Waals surface area contributed by atoms with Crippen LogP contribution in [0.25, 0.3) is 0 Å². The Kier molecular flexibility index (Phi) is 5.67. The van der Waals surface area contributed by atoms with Crippen molar-refractivity contribution in [3.05, 3.63) is 59.4 Å². The minimum absolute atomic E-state index is 0.263. The molecule has 1 saturated heterocycles. The smallest absolute Gasteiger partial charge is 0.119 e. The highest BCUT2D eigenvalue weighted by Gasteiger charge is 2.52. The first-order valence-corrected chi connectivity index (χ1v) is 10.2. The number of ether oxygens (including phenoxy) is 2. The van der Waals surface area contributed by atoms with Crippen molar-refractivity contribution in [1.29, 1.82) is 0 Å². The second-order valence-electron chi connectivity index (χ2n) is 8.23. The van der Waals surface area contributed by atoms with E-state index >= 15 is 0 Å². The molecular weight excluding hydrogens is 352 g/mol. The van der Waals surface area contributed by atoms with Gasteiger partial charge in [-0.15, -0.1) is 0 Å². The fourth-order valence-electron chi connectivity index (χ4n) is 4.75. The quantitative estimate of drug-likeness (QED) is 0.746. The molecule has 4 rings (SSSR count). The van der Waals surface area contributed by atoms with Gasteiger partial charge in [-0.05, 0) is 55.0 Å². The van der Waals surface area contributed by atoms with E-state index in [9.17, 15) is 5.11 Å². The minimum Gasteiger partial charge on any atom is -0.491 e. The molecule has 5 nitrogen and oxygen atoms in total. The van der Waals surface area contributed by atoms with Gasteiger partial charge in [-0.25, -0.2) is 0 Å². The fraction of sp³-hybridized carbons (Fsp3) is 0.522. The maximum Gasteiger partial charge on any atom is 0.119 e. The average Bonchev–Trinajstić information content (AvgIpc) is 3.24. The topological polar surface area (TPSA) is 54.8 Å². The van der Waals surface area contributed by atoms with E-state index in [2.05, 4.69) is 28.1 Å². The Balaban J connectivity index is 1.38. The van der Waals surface area contributed by atoms with Gasteiger partial charge in [0.1, 0.15) is 18.0 Å². The summed E-state index contributed by atoms with van der Waals surface area (Å²) in [6, 6.07) is 12.4. The van der Waals surface area contributed by atoms with Gasteiger partial charge >= 0.3 is 0 Å². The second-order valence-corrected chi connectivity index (χ2v) is 8.23. The number of pyridine rings is 1. The molecule has 150 valence electrons. The van der Waals surface area contributed by atoms with Crippen LogP contribution >= 0.6 is 0 Å². The zero-order chi connectivity index (χ0) is 19.6. The third-order valence-corrected chi connectivity index (χ3v) is 6.27. The normalized spacial score (nSPS) is 27.1. The van der Waals surface area contributed by atoms with Crippen molar-refractivity contribution in [3.63, 3.8) is 0 Å². The van der Waals surface area contributed by atoms with Gasteiger partial charge < -0.3 is 14.6 Å². The number of hydrogen-bond donors (Lipinski definition) is 1. The van der Waals surface area contributed by atoms with Gasteiger partial charge in [0.15, 0.2) is 0 Å². The van der Waals surface area contributed by atoms with E-state index in [0.29, 0.717) is 19.1 Å². The first-order valence-electron chi connectivity index (χ1n) is 10.2. The van der Waals surface area contributed by atoms with Crippen molar-refractivity contribution in [2.24, 2.45) is 11.8 Å². The molecule has 1 saturated carbocycles. The molecular formula is C23H30N2O3. The van der Waals surface area contributed by atoms with Crippen molar-refractivity contribution in [2.75, 3.05) is 33.4 Å². The maximum atomic E-state index is 11.4. The predicted octanol–water partition coefficient (Wildman–Crippen LogP) is 3.14. The van der Waals surface area contributed by atoms with Gasteiger partial charge in [0.25, 0.3) is 0 Å². The van der Waals surface area contributed by atoms with E-state index in [1.54, 1.807) is 7.11 Å². The molecule has 5 heteroatoms. The van der Waals surface area contributed by atoms with Crippen LogP contribution in [0.1, 0.15) is 29.7 Å². The highest BCUT2D eigenvalue weighted by Crippen LogP contribution is 2.50. The molecule has 0 spiro atoms. The van der Waals surface area contributed by atoms with Crippen LogP contribution in [0.15, 0.2) is 42.6 Å². The van der Waals surface area contributed by atoms with Gasteiger partial charge in [0.05, 0.1) is 12.3 Å². The van der Waals surface area contributed by atoms with Crippen LogP contribution in [0.2, 0.25) is 0 Å². The largest absolute Gasteiger partial charge is 0.491 e. The Morgan fingerprint density at radius 1 is 1.14 bits per heavy atom. The van der Waals surface area contributed by atoms with Gasteiger partial charge in [0, 0.05) is 38.9 Å². The van der Waals surface area contributed by atoms with E-state index in [1.165, 1.54) is 5.56 Å². The third-order valence-electron chi connectivity index (χ3n) is 6.27. The molecule has 2 fully saturated rings. The molecule has 1 aromatic heterocycles. The summed E-state index contributed by atoms with van der Waals surface area (Å²) in [6.45, 7) is 6.06. The van der Waals surface area contributed by atoms with E-state index < -0.39 is 5.60 Å². The lowest BCUT2D eigenvalue weighted by atomic mass is 9.85. The van der Waals surface area contributed by atoms with Crippen LogP contribution in [0.4, 0.5) is 0 Å². The van der Waals surface area contributed by atoms with Gasteiger partial charge in [-0.3, -0.25) is 9.88 Å². The number of fused-ring (bicyclic) bond motifs is 1. The van der Waals surface area contributed by atoms with E-state index in [0.717, 1.165) is 49.5 Å². The number of benzene rings is 1. The van der Waals surface area contributed by atoms with Gasteiger partial charge in [0.2, 0.25) is 0 Å². The SMILES string of the molecule is COCCOc1ccc(CN2C[C@H]3CC[C@](O)(c4ccc(C)cn4)[C@H]3C2)cc1. The van der Waals surface area contributed by atoms with Crippen LogP contribution in [-0.4, -0.2) is 48.4 Å². The fourth-order valence-corrected chi connectivity index (χ4v) is 4.75. The number of methoxy groups -OCH3 is 1. The number of likely N-dealkylation sites (tertiary alicyclic amines) is 1. The van der Waals surface area contributed by atoms with Crippen molar-refractivity contribution in [2.45, 2.75) is 31.9 Å². The number of rotatable bonds is 7. The minimum atomic E-state index is -0.786. The molecule has 0 radical (unpaired) electrons. The predicted molar refractivity (Wildman–Crippen MR) is 108 cm³/mol. The summed E-state index contributed by atoms with van der Waals surface area (Å²) in [5.41, 5.74) is 2.46. The highest BCUT2D eigenvalue weighted by molar-refractivity contribution is 5.28. The Morgan fingerprint density at radius 2 is 1.96 bits per heavy atom. The van der Waals surface area contributed by atoms with Crippen LogP contribution in [0.5, 0.6) is 5.75 Å². The summed E-state index contributed by atoms with van der Waals surface area (Å²) in [7, 11) is 1.67. The third kappa shape index (κ3) is 3.93. The molecule has 28 heavy (non-hydrogen) atoms. The Hall–Kier alpha value is -1.95. The summed E-state index contributed by atoms with van der Waals surface area (Å²) in [6.07, 6.45) is 3.75. The Bertz CT molecular complexity index is 777. The molecule has 1 N–H and O–H groups in total. The molecule has 3 atom stereocenters. The van der Waals surface area contributed by atoms with Crippen molar-refractivity contribution in [3.8, 4) is 5.75 Å². The molecule has 1 aromatic carbocycles. The first kappa shape index (κ1) is 19.4. The van der Waals surface area contributed by atoms with E-state index in [1.807, 2.05) is 31.3 Å². The standard InChI is InChI=1S/C23H30N2O3/c1-17-3-8-22(24-13-17)23(26)10-9-19-15-25(16-21(19)23)14-18-4-6-20(7-5-18)28-12-11-27-2/h3-8,13,19,21,26H,9-12,14-16H2,1-2H3/t19-,21+,23-/m1/s1. The number of aromatic nitrogens is 1. The van der Waals surface area contributed by atoms with Crippen LogP contribution in [0.3, 0.4) is 0 Å². The molecule has 0 bridgehead atoms. The summed E-state index contributed by atoms with van der Waals surface area (Å²) in [4.78, 5) is 7.02. The molecule has 2 heterocycles. The van der Waals surface area contributed by atoms with Crippen LogP contribution < -0.4 is 4.74 Å². The van der Waals surface area contributed by atoms with E-state index in [-0.39, 0.29) is 5.92 Å². The molecule has 0 amide bonds. The molecule has 1 aliphatic carbocycles. The van der Waals surface area contributed by atoms with Crippen molar-refractivity contribution < 1.29 is 14.6 Å². The summed E-state index contributed by atoms with van der Waals surface area (Å²) in [5.74, 6) is 1.68. The Morgan fingerprint density at radius 3 is 2.68 bits per heavy atom. The average molecular weight is 383 g/mol. The zero-order valence-electron chi connectivity index (χ0n) is 16.8. The summed E-state index contributed by atoms with van der Waals surface area (Å²) in [5, 5.41) is 11.4. The molecule has 0 unspecified atom stereocenters.